The number of hydrogen-bond donors (Lipinski definition) is 0. The molecule has 2 aromatic heterocycles. The molecule has 0 aliphatic heterocycles. The van der Waals surface area contributed by atoms with Gasteiger partial charge < -0.3 is 0 Å². The van der Waals surface area contributed by atoms with Gasteiger partial charge in [0.2, 0.25) is 0 Å². The largest absolute Gasteiger partial charge is 0.300 e. The van der Waals surface area contributed by atoms with Crippen LogP contribution in [0.15, 0.2) is 20.4 Å². The molecule has 0 aromatic carbocycles. The normalized spacial score (nSPS) is 11.9. The van der Waals surface area contributed by atoms with Crippen molar-refractivity contribution >= 4 is 47.0 Å². The van der Waals surface area contributed by atoms with E-state index in [1.165, 1.54) is 15.9 Å². The first kappa shape index (κ1) is 12.0. The van der Waals surface area contributed by atoms with E-state index >= 15 is 0 Å². The Hall–Kier alpha value is -0.440. The molecule has 0 atom stereocenters. The number of rotatable bonds is 2. The Morgan fingerprint density at radius 2 is 2.19 bits per heavy atom. The fourth-order valence-electron chi connectivity index (χ4n) is 1.21. The van der Waals surface area contributed by atoms with Crippen molar-refractivity contribution in [1.29, 1.82) is 0 Å². The number of aromatic nitrogens is 3. The fourth-order valence-corrected chi connectivity index (χ4v) is 3.30. The highest BCUT2D eigenvalue weighted by atomic mass is 79.9. The van der Waals surface area contributed by atoms with E-state index in [4.69, 9.17) is 10.7 Å². The number of hydrogen-bond acceptors (Lipinski definition) is 5. The van der Waals surface area contributed by atoms with Crippen LogP contribution in [0.1, 0.15) is 0 Å². The summed E-state index contributed by atoms with van der Waals surface area (Å²) < 4.78 is 24.6. The molecule has 0 unspecified atom stereocenters. The summed E-state index contributed by atoms with van der Waals surface area (Å²) in [5.74, 6) is 0.459. The van der Waals surface area contributed by atoms with Crippen LogP contribution in [0, 0.1) is 0 Å². The highest BCUT2D eigenvalue weighted by molar-refractivity contribution is 9.11. The third-order valence-electron chi connectivity index (χ3n) is 1.88. The van der Waals surface area contributed by atoms with Gasteiger partial charge in [0.05, 0.1) is 3.79 Å². The lowest BCUT2D eigenvalue weighted by Crippen LogP contribution is -2.02. The Morgan fingerprint density at radius 1 is 1.50 bits per heavy atom. The molecule has 16 heavy (non-hydrogen) atoms. The molecule has 0 fully saturated rings. The highest BCUT2D eigenvalue weighted by Crippen LogP contribution is 2.28. The van der Waals surface area contributed by atoms with Crippen LogP contribution in [0.25, 0.3) is 11.4 Å². The molecule has 0 saturated carbocycles. The maximum absolute atomic E-state index is 11.1. The van der Waals surface area contributed by atoms with Gasteiger partial charge in [-0.15, -0.1) is 21.5 Å². The number of nitrogens with zero attached hydrogens (tertiary/aromatic N) is 3. The van der Waals surface area contributed by atoms with Gasteiger partial charge in [-0.2, -0.15) is 0 Å². The van der Waals surface area contributed by atoms with Crippen LogP contribution in [-0.4, -0.2) is 23.2 Å². The predicted molar refractivity (Wildman–Crippen MR) is 65.1 cm³/mol. The van der Waals surface area contributed by atoms with Crippen molar-refractivity contribution in [3.05, 3.63) is 15.2 Å². The third kappa shape index (κ3) is 2.15. The first-order chi connectivity index (χ1) is 7.39. The SMILES string of the molecule is Cn1c(-c2csc(Br)c2)nnc1S(=O)(=O)Cl. The molecule has 86 valence electrons. The van der Waals surface area contributed by atoms with Crippen LogP contribution in [0.2, 0.25) is 0 Å². The Balaban J connectivity index is 2.58. The molecule has 2 heterocycles. The average molecular weight is 343 g/mol. The minimum atomic E-state index is -3.86. The van der Waals surface area contributed by atoms with Gasteiger partial charge in [-0.05, 0) is 22.0 Å². The minimum absolute atomic E-state index is 0.258. The molecule has 0 N–H and O–H groups in total. The molecule has 0 saturated heterocycles. The number of halogens is 2. The van der Waals surface area contributed by atoms with E-state index in [0.717, 1.165) is 9.35 Å². The van der Waals surface area contributed by atoms with Crippen molar-refractivity contribution in [2.24, 2.45) is 7.05 Å². The maximum atomic E-state index is 11.1. The molecule has 0 aliphatic carbocycles. The van der Waals surface area contributed by atoms with Crippen molar-refractivity contribution in [1.82, 2.24) is 14.8 Å². The van der Waals surface area contributed by atoms with Gasteiger partial charge in [0, 0.05) is 28.7 Å². The van der Waals surface area contributed by atoms with Crippen molar-refractivity contribution in [2.45, 2.75) is 5.16 Å². The van der Waals surface area contributed by atoms with E-state index in [9.17, 15) is 8.42 Å². The molecule has 0 spiro atoms. The smallest absolute Gasteiger partial charge is 0.296 e. The van der Waals surface area contributed by atoms with E-state index in [1.54, 1.807) is 7.05 Å². The molecule has 0 bridgehead atoms. The predicted octanol–water partition coefficient (Wildman–Crippen LogP) is 2.23. The van der Waals surface area contributed by atoms with Crippen LogP contribution < -0.4 is 0 Å². The van der Waals surface area contributed by atoms with Crippen LogP contribution in [0.4, 0.5) is 0 Å². The van der Waals surface area contributed by atoms with E-state index in [1.807, 2.05) is 11.4 Å². The minimum Gasteiger partial charge on any atom is -0.300 e. The topological polar surface area (TPSA) is 64.8 Å². The highest BCUT2D eigenvalue weighted by Gasteiger charge is 2.21. The van der Waals surface area contributed by atoms with Crippen molar-refractivity contribution in [2.75, 3.05) is 0 Å². The Labute approximate surface area is 109 Å². The molecular formula is C7H5BrClN3O2S2. The monoisotopic (exact) mass is 341 g/mol. The average Bonchev–Trinajstić information content (AvgIpc) is 2.70. The molecular weight excluding hydrogens is 338 g/mol. The summed E-state index contributed by atoms with van der Waals surface area (Å²) in [4.78, 5) is 0. The standard InChI is InChI=1S/C7H5BrClN3O2S2/c1-12-6(4-2-5(8)15-3-4)10-11-7(12)16(9,13)14/h2-3H,1H3. The first-order valence-electron chi connectivity index (χ1n) is 3.98. The Morgan fingerprint density at radius 3 is 2.62 bits per heavy atom. The molecule has 0 amide bonds. The second kappa shape index (κ2) is 4.10. The van der Waals surface area contributed by atoms with E-state index < -0.39 is 9.05 Å². The fraction of sp³-hybridized carbons (Fsp3) is 0.143. The summed E-state index contributed by atoms with van der Waals surface area (Å²) in [6.07, 6.45) is 0. The summed E-state index contributed by atoms with van der Waals surface area (Å²) in [5.41, 5.74) is 0.790. The summed E-state index contributed by atoms with van der Waals surface area (Å²) in [6.45, 7) is 0. The zero-order chi connectivity index (χ0) is 11.9. The van der Waals surface area contributed by atoms with Gasteiger partial charge in [0.25, 0.3) is 14.2 Å². The molecule has 9 heteroatoms. The summed E-state index contributed by atoms with van der Waals surface area (Å²) in [5, 5.41) is 8.94. The zero-order valence-corrected chi connectivity index (χ0v) is 11.9. The number of thiophene rings is 1. The lowest BCUT2D eigenvalue weighted by atomic mass is 10.3. The summed E-state index contributed by atoms with van der Waals surface area (Å²) in [7, 11) is 2.90. The van der Waals surface area contributed by atoms with E-state index in [2.05, 4.69) is 26.1 Å². The molecule has 0 radical (unpaired) electrons. The second-order valence-corrected chi connectivity index (χ2v) is 7.69. The van der Waals surface area contributed by atoms with Crippen molar-refractivity contribution in [3.63, 3.8) is 0 Å². The first-order valence-corrected chi connectivity index (χ1v) is 7.96. The molecule has 5 nitrogen and oxygen atoms in total. The van der Waals surface area contributed by atoms with Gasteiger partial charge in [-0.25, -0.2) is 8.42 Å². The zero-order valence-electron chi connectivity index (χ0n) is 7.89. The van der Waals surface area contributed by atoms with Crippen molar-refractivity contribution in [3.8, 4) is 11.4 Å². The van der Waals surface area contributed by atoms with E-state index in [0.29, 0.717) is 5.82 Å². The van der Waals surface area contributed by atoms with Gasteiger partial charge in [-0.3, -0.25) is 4.57 Å². The van der Waals surface area contributed by atoms with Crippen molar-refractivity contribution < 1.29 is 8.42 Å². The molecule has 0 aliphatic rings. The molecule has 2 aromatic rings. The van der Waals surface area contributed by atoms with Crippen LogP contribution in [-0.2, 0) is 16.1 Å². The lowest BCUT2D eigenvalue weighted by molar-refractivity contribution is 0.593. The third-order valence-corrected chi connectivity index (χ3v) is 4.59. The summed E-state index contributed by atoms with van der Waals surface area (Å²) >= 11 is 4.79. The van der Waals surface area contributed by atoms with Gasteiger partial charge >= 0.3 is 0 Å². The van der Waals surface area contributed by atoms with Crippen LogP contribution in [0.5, 0.6) is 0 Å². The second-order valence-electron chi connectivity index (χ2n) is 2.94. The Kier molecular flexibility index (Phi) is 3.08. The lowest BCUT2D eigenvalue weighted by Gasteiger charge is -1.98. The van der Waals surface area contributed by atoms with E-state index in [-0.39, 0.29) is 5.16 Å². The van der Waals surface area contributed by atoms with Crippen LogP contribution >= 0.6 is 37.9 Å². The maximum Gasteiger partial charge on any atom is 0.296 e. The van der Waals surface area contributed by atoms with Gasteiger partial charge in [0.1, 0.15) is 0 Å². The van der Waals surface area contributed by atoms with Crippen LogP contribution in [0.3, 0.4) is 0 Å². The Bertz CT molecular complexity index is 634. The summed E-state index contributed by atoms with van der Waals surface area (Å²) in [6, 6.07) is 1.83. The quantitative estimate of drug-likeness (QED) is 0.785. The van der Waals surface area contributed by atoms with Gasteiger partial charge in [0.15, 0.2) is 5.82 Å². The molecule has 2 rings (SSSR count). The van der Waals surface area contributed by atoms with Gasteiger partial charge in [-0.1, -0.05) is 0 Å².